The van der Waals surface area contributed by atoms with Crippen LogP contribution >= 0.6 is 0 Å². The summed E-state index contributed by atoms with van der Waals surface area (Å²) in [6, 6.07) is 0. The number of rotatable bonds is 4. The smallest absolute Gasteiger partial charge is 0.326 e. The van der Waals surface area contributed by atoms with Crippen LogP contribution in [0.25, 0.3) is 0 Å². The SMILES string of the molecule is CCc1ncnc(N(C)CC(=O)OC(C)(C)C)c1F. The lowest BCUT2D eigenvalue weighted by molar-refractivity contribution is -0.152. The molecule has 1 rings (SSSR count). The summed E-state index contributed by atoms with van der Waals surface area (Å²) < 4.78 is 19.2. The van der Waals surface area contributed by atoms with Gasteiger partial charge in [0, 0.05) is 7.05 Å². The van der Waals surface area contributed by atoms with Crippen molar-refractivity contribution >= 4 is 11.8 Å². The van der Waals surface area contributed by atoms with Gasteiger partial charge in [0.25, 0.3) is 0 Å². The zero-order valence-corrected chi connectivity index (χ0v) is 12.0. The average molecular weight is 269 g/mol. The van der Waals surface area contributed by atoms with Crippen LogP contribution in [0.1, 0.15) is 33.4 Å². The highest BCUT2D eigenvalue weighted by Crippen LogP contribution is 2.17. The van der Waals surface area contributed by atoms with Crippen molar-refractivity contribution in [1.29, 1.82) is 0 Å². The molecule has 0 N–H and O–H groups in total. The predicted molar refractivity (Wildman–Crippen MR) is 70.5 cm³/mol. The molecule has 0 amide bonds. The highest BCUT2D eigenvalue weighted by Gasteiger charge is 2.20. The van der Waals surface area contributed by atoms with Crippen LogP contribution in [0.15, 0.2) is 6.33 Å². The van der Waals surface area contributed by atoms with Gasteiger partial charge >= 0.3 is 5.97 Å². The fourth-order valence-electron chi connectivity index (χ4n) is 1.55. The molecule has 0 unspecified atom stereocenters. The number of esters is 1. The summed E-state index contributed by atoms with van der Waals surface area (Å²) in [5.74, 6) is -0.806. The summed E-state index contributed by atoms with van der Waals surface area (Å²) in [6.07, 6.45) is 1.77. The van der Waals surface area contributed by atoms with E-state index in [0.29, 0.717) is 12.1 Å². The van der Waals surface area contributed by atoms with Crippen LogP contribution in [0.5, 0.6) is 0 Å². The van der Waals surface area contributed by atoms with E-state index in [1.54, 1.807) is 27.8 Å². The Labute approximate surface area is 112 Å². The number of halogens is 1. The first kappa shape index (κ1) is 15.3. The number of nitrogens with zero attached hydrogens (tertiary/aromatic N) is 3. The third kappa shape index (κ3) is 4.46. The number of aryl methyl sites for hydroxylation is 1. The Balaban J connectivity index is 2.79. The highest BCUT2D eigenvalue weighted by molar-refractivity contribution is 5.75. The summed E-state index contributed by atoms with van der Waals surface area (Å²) in [6.45, 7) is 7.10. The van der Waals surface area contributed by atoms with Gasteiger partial charge in [-0.15, -0.1) is 0 Å². The lowest BCUT2D eigenvalue weighted by atomic mass is 10.2. The van der Waals surface area contributed by atoms with Crippen LogP contribution in [-0.4, -0.2) is 35.1 Å². The molecular weight excluding hydrogens is 249 g/mol. The Morgan fingerprint density at radius 2 is 2.05 bits per heavy atom. The molecule has 1 aromatic rings. The van der Waals surface area contributed by atoms with Gasteiger partial charge in [0.1, 0.15) is 18.5 Å². The zero-order chi connectivity index (χ0) is 14.6. The normalized spacial score (nSPS) is 11.3. The van der Waals surface area contributed by atoms with Gasteiger partial charge in [0.05, 0.1) is 5.69 Å². The number of ether oxygens (including phenoxy) is 1. The zero-order valence-electron chi connectivity index (χ0n) is 12.0. The fraction of sp³-hybridized carbons (Fsp3) is 0.615. The molecule has 0 aliphatic carbocycles. The molecule has 0 radical (unpaired) electrons. The standard InChI is InChI=1S/C13H20FN3O2/c1-6-9-11(14)12(16-8-15-9)17(5)7-10(18)19-13(2,3)4/h8H,6-7H2,1-5H3. The van der Waals surface area contributed by atoms with Crippen molar-refractivity contribution in [3.05, 3.63) is 17.8 Å². The first-order chi connectivity index (χ1) is 8.74. The molecule has 0 aliphatic heterocycles. The van der Waals surface area contributed by atoms with E-state index in [9.17, 15) is 9.18 Å². The number of carbonyl (C=O) groups is 1. The van der Waals surface area contributed by atoms with Crippen LogP contribution < -0.4 is 4.90 Å². The first-order valence-corrected chi connectivity index (χ1v) is 6.17. The minimum Gasteiger partial charge on any atom is -0.459 e. The maximum Gasteiger partial charge on any atom is 0.326 e. The molecule has 0 bridgehead atoms. The van der Waals surface area contributed by atoms with Crippen LogP contribution in [0.4, 0.5) is 10.2 Å². The summed E-state index contributed by atoms with van der Waals surface area (Å²) in [4.78, 5) is 20.8. The molecule has 0 spiro atoms. The van der Waals surface area contributed by atoms with Crippen LogP contribution in [0.3, 0.4) is 0 Å². The van der Waals surface area contributed by atoms with E-state index in [1.165, 1.54) is 11.2 Å². The van der Waals surface area contributed by atoms with Gasteiger partial charge in [0.15, 0.2) is 11.6 Å². The third-order valence-electron chi connectivity index (χ3n) is 2.33. The fourth-order valence-corrected chi connectivity index (χ4v) is 1.55. The van der Waals surface area contributed by atoms with Crippen molar-refractivity contribution in [3.63, 3.8) is 0 Å². The largest absolute Gasteiger partial charge is 0.459 e. The second-order valence-corrected chi connectivity index (χ2v) is 5.25. The molecule has 5 nitrogen and oxygen atoms in total. The van der Waals surface area contributed by atoms with E-state index >= 15 is 0 Å². The van der Waals surface area contributed by atoms with Crippen LogP contribution in [0, 0.1) is 5.82 Å². The van der Waals surface area contributed by atoms with Crippen molar-refractivity contribution in [2.24, 2.45) is 0 Å². The molecule has 0 fully saturated rings. The maximum atomic E-state index is 14.0. The van der Waals surface area contributed by atoms with Crippen LogP contribution in [0.2, 0.25) is 0 Å². The summed E-state index contributed by atoms with van der Waals surface area (Å²) in [7, 11) is 1.59. The van der Waals surface area contributed by atoms with E-state index in [1.807, 2.05) is 6.92 Å². The van der Waals surface area contributed by atoms with Crippen molar-refractivity contribution in [3.8, 4) is 0 Å². The van der Waals surface area contributed by atoms with Gasteiger partial charge in [0.2, 0.25) is 0 Å². The minimum atomic E-state index is -0.559. The molecule has 0 atom stereocenters. The van der Waals surface area contributed by atoms with Crippen LogP contribution in [-0.2, 0) is 16.0 Å². The van der Waals surface area contributed by atoms with Gasteiger partial charge < -0.3 is 9.64 Å². The van der Waals surface area contributed by atoms with Gasteiger partial charge in [-0.3, -0.25) is 4.79 Å². The molecule has 106 valence electrons. The number of hydrogen-bond donors (Lipinski definition) is 0. The summed E-state index contributed by atoms with van der Waals surface area (Å²) >= 11 is 0. The Bertz CT molecular complexity index is 458. The maximum absolute atomic E-state index is 14.0. The number of anilines is 1. The monoisotopic (exact) mass is 269 g/mol. The second kappa shape index (κ2) is 5.95. The Hall–Kier alpha value is -1.72. The first-order valence-electron chi connectivity index (χ1n) is 6.17. The highest BCUT2D eigenvalue weighted by atomic mass is 19.1. The molecule has 1 heterocycles. The lowest BCUT2D eigenvalue weighted by Gasteiger charge is -2.23. The Kier molecular flexibility index (Phi) is 4.80. The van der Waals surface area contributed by atoms with E-state index in [-0.39, 0.29) is 12.4 Å². The van der Waals surface area contributed by atoms with E-state index in [4.69, 9.17) is 4.74 Å². The van der Waals surface area contributed by atoms with Gasteiger partial charge in [-0.2, -0.15) is 0 Å². The average Bonchev–Trinajstić information content (AvgIpc) is 2.26. The quantitative estimate of drug-likeness (QED) is 0.782. The topological polar surface area (TPSA) is 55.3 Å². The van der Waals surface area contributed by atoms with Gasteiger partial charge in [-0.1, -0.05) is 6.92 Å². The Morgan fingerprint density at radius 3 is 2.58 bits per heavy atom. The molecule has 19 heavy (non-hydrogen) atoms. The Morgan fingerprint density at radius 1 is 1.42 bits per heavy atom. The van der Waals surface area contributed by atoms with Gasteiger partial charge in [-0.05, 0) is 27.2 Å². The molecule has 0 aromatic carbocycles. The van der Waals surface area contributed by atoms with Crippen molar-refractivity contribution in [2.45, 2.75) is 39.7 Å². The number of hydrogen-bond acceptors (Lipinski definition) is 5. The van der Waals surface area contributed by atoms with E-state index < -0.39 is 17.4 Å². The van der Waals surface area contributed by atoms with Crippen molar-refractivity contribution in [2.75, 3.05) is 18.5 Å². The lowest BCUT2D eigenvalue weighted by Crippen LogP contribution is -2.33. The van der Waals surface area contributed by atoms with Crippen molar-refractivity contribution < 1.29 is 13.9 Å². The van der Waals surface area contributed by atoms with Crippen molar-refractivity contribution in [1.82, 2.24) is 9.97 Å². The number of likely N-dealkylation sites (N-methyl/N-ethyl adjacent to an activating group) is 1. The molecular formula is C13H20FN3O2. The molecule has 0 aliphatic rings. The third-order valence-corrected chi connectivity index (χ3v) is 2.33. The van der Waals surface area contributed by atoms with E-state index in [2.05, 4.69) is 9.97 Å². The second-order valence-electron chi connectivity index (χ2n) is 5.25. The van der Waals surface area contributed by atoms with Gasteiger partial charge in [-0.25, -0.2) is 14.4 Å². The summed E-state index contributed by atoms with van der Waals surface area (Å²) in [5, 5.41) is 0. The summed E-state index contributed by atoms with van der Waals surface area (Å²) in [5.41, 5.74) is -0.225. The number of carbonyl (C=O) groups excluding carboxylic acids is 1. The molecule has 6 heteroatoms. The molecule has 0 saturated heterocycles. The molecule has 0 saturated carbocycles. The number of aromatic nitrogens is 2. The minimum absolute atomic E-state index is 0.0612. The van der Waals surface area contributed by atoms with E-state index in [0.717, 1.165) is 0 Å². The predicted octanol–water partition coefficient (Wildman–Crippen LogP) is 1.96. The molecule has 1 aromatic heterocycles.